The topological polar surface area (TPSA) is 26.3 Å². The zero-order valence-corrected chi connectivity index (χ0v) is 10.1. The van der Waals surface area contributed by atoms with Gasteiger partial charge in [-0.2, -0.15) is 0 Å². The van der Waals surface area contributed by atoms with Gasteiger partial charge in [-0.15, -0.1) is 0 Å². The Bertz CT molecular complexity index is 395. The van der Waals surface area contributed by atoms with Crippen molar-refractivity contribution in [1.82, 2.24) is 0 Å². The summed E-state index contributed by atoms with van der Waals surface area (Å²) >= 11 is 0. The molecule has 0 N–H and O–H groups in total. The lowest BCUT2D eigenvalue weighted by atomic mass is 9.81. The fourth-order valence-corrected chi connectivity index (χ4v) is 1.97. The first kappa shape index (κ1) is 12.1. The predicted octanol–water partition coefficient (Wildman–Crippen LogP) is 2.98. The Morgan fingerprint density at radius 2 is 2.06 bits per heavy atom. The summed E-state index contributed by atoms with van der Waals surface area (Å²) in [6.45, 7) is 3.48. The van der Waals surface area contributed by atoms with Gasteiger partial charge in [0, 0.05) is 12.5 Å². The average Bonchev–Trinajstić information content (AvgIpc) is 2.34. The third-order valence-electron chi connectivity index (χ3n) is 3.24. The van der Waals surface area contributed by atoms with E-state index in [1.165, 1.54) is 5.56 Å². The van der Waals surface area contributed by atoms with Crippen LogP contribution in [0, 0.1) is 11.8 Å². The van der Waals surface area contributed by atoms with E-state index in [0.717, 1.165) is 6.42 Å². The van der Waals surface area contributed by atoms with Gasteiger partial charge in [0.25, 0.3) is 0 Å². The minimum atomic E-state index is 0.135. The van der Waals surface area contributed by atoms with Crippen LogP contribution >= 0.6 is 0 Å². The Labute approximate surface area is 102 Å². The van der Waals surface area contributed by atoms with Crippen LogP contribution in [0.1, 0.15) is 18.9 Å². The van der Waals surface area contributed by atoms with Crippen LogP contribution in [0.3, 0.4) is 0 Å². The molecule has 2 nitrogen and oxygen atoms in total. The van der Waals surface area contributed by atoms with Crippen LogP contribution in [0.15, 0.2) is 42.5 Å². The average molecular weight is 230 g/mol. The van der Waals surface area contributed by atoms with Gasteiger partial charge in [-0.25, -0.2) is 0 Å². The van der Waals surface area contributed by atoms with E-state index in [1.54, 1.807) is 6.08 Å². The van der Waals surface area contributed by atoms with Gasteiger partial charge in [0.1, 0.15) is 0 Å². The number of rotatable bonds is 6. The molecule has 2 atom stereocenters. The van der Waals surface area contributed by atoms with E-state index in [4.69, 9.17) is 4.74 Å². The van der Waals surface area contributed by atoms with Gasteiger partial charge in [-0.05, 0) is 24.0 Å². The lowest BCUT2D eigenvalue weighted by Crippen LogP contribution is -2.25. The van der Waals surface area contributed by atoms with E-state index in [2.05, 4.69) is 19.1 Å². The van der Waals surface area contributed by atoms with Crippen molar-refractivity contribution in [3.63, 3.8) is 0 Å². The minimum absolute atomic E-state index is 0.135. The van der Waals surface area contributed by atoms with Crippen LogP contribution in [0.2, 0.25) is 0 Å². The van der Waals surface area contributed by atoms with E-state index < -0.39 is 0 Å². The lowest BCUT2D eigenvalue weighted by Gasteiger charge is -2.23. The highest BCUT2D eigenvalue weighted by atomic mass is 16.5. The van der Waals surface area contributed by atoms with Crippen molar-refractivity contribution in [1.29, 1.82) is 0 Å². The molecule has 0 heterocycles. The van der Waals surface area contributed by atoms with Crippen LogP contribution in [0.25, 0.3) is 0 Å². The third kappa shape index (κ3) is 3.27. The largest absolute Gasteiger partial charge is 0.377 e. The molecule has 0 fully saturated rings. The monoisotopic (exact) mass is 230 g/mol. The molecule has 1 aromatic carbocycles. The maximum atomic E-state index is 11.2. The standard InChI is InChI=1S/C15H18O2/c1-12(14-7-8-15(14)16)9-10-17-11-13-5-3-2-4-6-13/h2-8,12,14H,9-11H2,1H3. The molecule has 2 rings (SSSR count). The fraction of sp³-hybridized carbons (Fsp3) is 0.400. The number of ether oxygens (including phenoxy) is 1. The molecule has 1 aliphatic rings. The highest BCUT2D eigenvalue weighted by Crippen LogP contribution is 2.24. The van der Waals surface area contributed by atoms with Crippen molar-refractivity contribution in [3.8, 4) is 0 Å². The Morgan fingerprint density at radius 3 is 2.65 bits per heavy atom. The molecule has 0 radical (unpaired) electrons. The third-order valence-corrected chi connectivity index (χ3v) is 3.24. The first-order valence-corrected chi connectivity index (χ1v) is 6.11. The van der Waals surface area contributed by atoms with Crippen molar-refractivity contribution in [2.24, 2.45) is 11.8 Å². The van der Waals surface area contributed by atoms with Gasteiger partial charge in [-0.1, -0.05) is 43.3 Å². The van der Waals surface area contributed by atoms with Gasteiger partial charge < -0.3 is 4.74 Å². The fourth-order valence-electron chi connectivity index (χ4n) is 1.97. The molecule has 90 valence electrons. The Kier molecular flexibility index (Phi) is 4.10. The molecular weight excluding hydrogens is 212 g/mol. The van der Waals surface area contributed by atoms with E-state index in [1.807, 2.05) is 24.3 Å². The lowest BCUT2D eigenvalue weighted by molar-refractivity contribution is -0.120. The number of carbonyl (C=O) groups excluding carboxylic acids is 1. The quantitative estimate of drug-likeness (QED) is 0.702. The van der Waals surface area contributed by atoms with Crippen molar-refractivity contribution in [2.45, 2.75) is 20.0 Å². The van der Waals surface area contributed by atoms with Crippen LogP contribution < -0.4 is 0 Å². The normalized spacial score (nSPS) is 20.1. The van der Waals surface area contributed by atoms with E-state index in [9.17, 15) is 4.79 Å². The molecule has 0 amide bonds. The summed E-state index contributed by atoms with van der Waals surface area (Å²) in [4.78, 5) is 11.2. The summed E-state index contributed by atoms with van der Waals surface area (Å²) in [5.74, 6) is 0.791. The molecule has 0 spiro atoms. The van der Waals surface area contributed by atoms with Crippen molar-refractivity contribution < 1.29 is 9.53 Å². The second-order valence-electron chi connectivity index (χ2n) is 4.59. The SMILES string of the molecule is CC(CCOCc1ccccc1)C1C=CC1=O. The summed E-state index contributed by atoms with van der Waals surface area (Å²) in [5, 5.41) is 0. The molecule has 0 aliphatic heterocycles. The minimum Gasteiger partial charge on any atom is -0.377 e. The maximum absolute atomic E-state index is 11.2. The summed E-state index contributed by atoms with van der Waals surface area (Å²) in [7, 11) is 0. The van der Waals surface area contributed by atoms with Crippen LogP contribution in [-0.4, -0.2) is 12.4 Å². The molecule has 17 heavy (non-hydrogen) atoms. The number of benzene rings is 1. The number of hydrogen-bond donors (Lipinski definition) is 0. The molecule has 1 aliphatic carbocycles. The Morgan fingerprint density at radius 1 is 1.29 bits per heavy atom. The zero-order chi connectivity index (χ0) is 12.1. The molecule has 0 saturated heterocycles. The van der Waals surface area contributed by atoms with Crippen LogP contribution in [-0.2, 0) is 16.1 Å². The molecule has 0 bridgehead atoms. The van der Waals surface area contributed by atoms with E-state index in [0.29, 0.717) is 19.1 Å². The molecule has 2 unspecified atom stereocenters. The summed E-state index contributed by atoms with van der Waals surface area (Å²) in [5.41, 5.74) is 1.19. The van der Waals surface area contributed by atoms with Crippen molar-refractivity contribution in [2.75, 3.05) is 6.61 Å². The van der Waals surface area contributed by atoms with Crippen LogP contribution in [0.5, 0.6) is 0 Å². The number of hydrogen-bond acceptors (Lipinski definition) is 2. The molecule has 2 heteroatoms. The number of carbonyl (C=O) groups is 1. The Hall–Kier alpha value is -1.41. The van der Waals surface area contributed by atoms with Crippen molar-refractivity contribution >= 4 is 5.78 Å². The summed E-state index contributed by atoms with van der Waals surface area (Å²) in [6.07, 6.45) is 4.59. The van der Waals surface area contributed by atoms with Gasteiger partial charge in [0.05, 0.1) is 6.61 Å². The summed E-state index contributed by atoms with van der Waals surface area (Å²) in [6, 6.07) is 10.1. The second-order valence-corrected chi connectivity index (χ2v) is 4.59. The predicted molar refractivity (Wildman–Crippen MR) is 67.5 cm³/mol. The molecule has 1 aromatic rings. The Balaban J connectivity index is 1.63. The summed E-state index contributed by atoms with van der Waals surface area (Å²) < 4.78 is 5.61. The van der Waals surface area contributed by atoms with Gasteiger partial charge >= 0.3 is 0 Å². The molecule has 0 saturated carbocycles. The second kappa shape index (κ2) is 5.78. The maximum Gasteiger partial charge on any atom is 0.162 e. The smallest absolute Gasteiger partial charge is 0.162 e. The van der Waals surface area contributed by atoms with Crippen LogP contribution in [0.4, 0.5) is 0 Å². The highest BCUT2D eigenvalue weighted by Gasteiger charge is 2.26. The first-order valence-electron chi connectivity index (χ1n) is 6.11. The number of ketones is 1. The molecule has 0 aromatic heterocycles. The van der Waals surface area contributed by atoms with E-state index in [-0.39, 0.29) is 11.7 Å². The number of allylic oxidation sites excluding steroid dienone is 2. The zero-order valence-electron chi connectivity index (χ0n) is 10.1. The van der Waals surface area contributed by atoms with Gasteiger partial charge in [0.15, 0.2) is 5.78 Å². The molecular formula is C15H18O2. The van der Waals surface area contributed by atoms with E-state index >= 15 is 0 Å². The van der Waals surface area contributed by atoms with Crippen molar-refractivity contribution in [3.05, 3.63) is 48.0 Å². The van der Waals surface area contributed by atoms with Gasteiger partial charge in [0.2, 0.25) is 0 Å². The van der Waals surface area contributed by atoms with Gasteiger partial charge in [-0.3, -0.25) is 4.79 Å². The highest BCUT2D eigenvalue weighted by molar-refractivity contribution is 5.99. The first-order chi connectivity index (χ1) is 8.27.